The highest BCUT2D eigenvalue weighted by atomic mass is 35.5. The number of hydrogen-bond acceptors (Lipinski definition) is 3. The maximum Gasteiger partial charge on any atom is 0.118 e. The van der Waals surface area contributed by atoms with Gasteiger partial charge in [0.2, 0.25) is 0 Å². The lowest BCUT2D eigenvalue weighted by molar-refractivity contribution is -0.0602. The summed E-state index contributed by atoms with van der Waals surface area (Å²) in [7, 11) is 1.67. The Labute approximate surface area is 176 Å². The van der Waals surface area contributed by atoms with E-state index < -0.39 is 0 Å². The van der Waals surface area contributed by atoms with E-state index in [1.165, 1.54) is 5.56 Å². The smallest absolute Gasteiger partial charge is 0.118 e. The lowest BCUT2D eigenvalue weighted by Gasteiger charge is -2.31. The highest BCUT2D eigenvalue weighted by molar-refractivity contribution is 6.35. The SMILES string of the molecule is COc1ccc(CCC(C)(Cn2ccnc2)OCc2ccc(Cl)cc2Cl)cc1. The molecule has 0 aliphatic carbocycles. The Morgan fingerprint density at radius 3 is 2.54 bits per heavy atom. The number of imidazole rings is 1. The molecule has 0 radical (unpaired) electrons. The minimum atomic E-state index is -0.385. The van der Waals surface area contributed by atoms with E-state index in [1.54, 1.807) is 19.4 Å². The fourth-order valence-electron chi connectivity index (χ4n) is 3.06. The molecule has 6 heteroatoms. The first-order valence-corrected chi connectivity index (χ1v) is 9.90. The van der Waals surface area contributed by atoms with Crippen LogP contribution in [-0.2, 0) is 24.3 Å². The van der Waals surface area contributed by atoms with Crippen LogP contribution in [0.2, 0.25) is 10.0 Å². The van der Waals surface area contributed by atoms with E-state index in [-0.39, 0.29) is 5.60 Å². The van der Waals surface area contributed by atoms with Gasteiger partial charge in [0.15, 0.2) is 0 Å². The quantitative estimate of drug-likeness (QED) is 0.439. The van der Waals surface area contributed by atoms with Crippen LogP contribution in [0.4, 0.5) is 0 Å². The van der Waals surface area contributed by atoms with Crippen LogP contribution in [0.5, 0.6) is 5.75 Å². The van der Waals surface area contributed by atoms with Crippen LogP contribution >= 0.6 is 23.2 Å². The summed E-state index contributed by atoms with van der Waals surface area (Å²) < 4.78 is 13.6. The lowest BCUT2D eigenvalue weighted by atomic mass is 9.96. The highest BCUT2D eigenvalue weighted by Gasteiger charge is 2.26. The van der Waals surface area contributed by atoms with Crippen LogP contribution in [0.25, 0.3) is 0 Å². The number of benzene rings is 2. The zero-order valence-electron chi connectivity index (χ0n) is 16.1. The normalized spacial score (nSPS) is 13.3. The van der Waals surface area contributed by atoms with Gasteiger partial charge in [-0.1, -0.05) is 41.4 Å². The molecular weight excluding hydrogens is 395 g/mol. The van der Waals surface area contributed by atoms with Crippen molar-refractivity contribution in [3.63, 3.8) is 0 Å². The van der Waals surface area contributed by atoms with Gasteiger partial charge in [-0.05, 0) is 55.2 Å². The van der Waals surface area contributed by atoms with Crippen molar-refractivity contribution < 1.29 is 9.47 Å². The molecule has 0 saturated carbocycles. The molecular formula is C22H24Cl2N2O2. The Morgan fingerprint density at radius 2 is 1.89 bits per heavy atom. The fraction of sp³-hybridized carbons (Fsp3) is 0.318. The molecule has 2 aromatic carbocycles. The van der Waals surface area contributed by atoms with Gasteiger partial charge < -0.3 is 14.0 Å². The minimum absolute atomic E-state index is 0.385. The van der Waals surface area contributed by atoms with E-state index in [9.17, 15) is 0 Å². The number of ether oxygens (including phenoxy) is 2. The fourth-order valence-corrected chi connectivity index (χ4v) is 3.52. The van der Waals surface area contributed by atoms with Crippen LogP contribution in [0.15, 0.2) is 61.2 Å². The van der Waals surface area contributed by atoms with Crippen LogP contribution in [0, 0.1) is 0 Å². The number of hydrogen-bond donors (Lipinski definition) is 0. The summed E-state index contributed by atoms with van der Waals surface area (Å²) in [5.74, 6) is 0.860. The monoisotopic (exact) mass is 418 g/mol. The summed E-state index contributed by atoms with van der Waals surface area (Å²) in [6.45, 7) is 3.25. The van der Waals surface area contributed by atoms with Crippen molar-refractivity contribution in [1.29, 1.82) is 0 Å². The molecule has 0 spiro atoms. The Balaban J connectivity index is 1.70. The number of aromatic nitrogens is 2. The van der Waals surface area contributed by atoms with E-state index >= 15 is 0 Å². The maximum atomic E-state index is 6.38. The van der Waals surface area contributed by atoms with Gasteiger partial charge in [0.25, 0.3) is 0 Å². The van der Waals surface area contributed by atoms with Crippen molar-refractivity contribution in [3.8, 4) is 5.75 Å². The molecule has 28 heavy (non-hydrogen) atoms. The molecule has 0 amide bonds. The van der Waals surface area contributed by atoms with Gasteiger partial charge in [-0.3, -0.25) is 0 Å². The van der Waals surface area contributed by atoms with E-state index in [0.29, 0.717) is 23.2 Å². The highest BCUT2D eigenvalue weighted by Crippen LogP contribution is 2.27. The molecule has 0 saturated heterocycles. The Bertz CT molecular complexity index is 882. The van der Waals surface area contributed by atoms with Crippen molar-refractivity contribution in [1.82, 2.24) is 9.55 Å². The molecule has 0 bridgehead atoms. The number of halogens is 2. The van der Waals surface area contributed by atoms with Crippen molar-refractivity contribution in [2.24, 2.45) is 0 Å². The van der Waals surface area contributed by atoms with E-state index in [0.717, 1.165) is 24.2 Å². The Kier molecular flexibility index (Phi) is 7.00. The predicted molar refractivity (Wildman–Crippen MR) is 113 cm³/mol. The number of methoxy groups -OCH3 is 1. The molecule has 1 aromatic heterocycles. The van der Waals surface area contributed by atoms with Crippen molar-refractivity contribution in [2.75, 3.05) is 7.11 Å². The van der Waals surface area contributed by atoms with Gasteiger partial charge in [-0.2, -0.15) is 0 Å². The molecule has 3 rings (SSSR count). The minimum Gasteiger partial charge on any atom is -0.497 e. The van der Waals surface area contributed by atoms with Crippen molar-refractivity contribution in [2.45, 2.75) is 38.5 Å². The third-order valence-corrected chi connectivity index (χ3v) is 5.36. The topological polar surface area (TPSA) is 36.3 Å². The zero-order chi connectivity index (χ0) is 20.0. The average molecular weight is 419 g/mol. The summed E-state index contributed by atoms with van der Waals surface area (Å²) in [6, 6.07) is 13.6. The first kappa shape index (κ1) is 20.7. The second kappa shape index (κ2) is 9.46. The third kappa shape index (κ3) is 5.74. The van der Waals surface area contributed by atoms with Crippen molar-refractivity contribution in [3.05, 3.63) is 82.4 Å². The van der Waals surface area contributed by atoms with Crippen LogP contribution in [-0.4, -0.2) is 22.3 Å². The molecule has 3 aromatic rings. The molecule has 1 atom stereocenters. The van der Waals surface area contributed by atoms with Gasteiger partial charge in [0.1, 0.15) is 5.75 Å². The summed E-state index contributed by atoms with van der Waals surface area (Å²) in [4.78, 5) is 4.14. The van der Waals surface area contributed by atoms with Crippen LogP contribution in [0.3, 0.4) is 0 Å². The molecule has 148 valence electrons. The first-order valence-electron chi connectivity index (χ1n) is 9.14. The molecule has 1 unspecified atom stereocenters. The summed E-state index contributed by atoms with van der Waals surface area (Å²) in [5, 5.41) is 1.24. The van der Waals surface area contributed by atoms with E-state index in [2.05, 4.69) is 24.0 Å². The molecule has 0 N–H and O–H groups in total. The summed E-state index contributed by atoms with van der Waals surface area (Å²) >= 11 is 12.3. The largest absolute Gasteiger partial charge is 0.497 e. The number of rotatable bonds is 9. The maximum absolute atomic E-state index is 6.38. The first-order chi connectivity index (χ1) is 13.5. The molecule has 4 nitrogen and oxygen atoms in total. The van der Waals surface area contributed by atoms with Crippen molar-refractivity contribution >= 4 is 23.2 Å². The molecule has 0 fully saturated rings. The van der Waals surface area contributed by atoms with Gasteiger partial charge in [-0.25, -0.2) is 4.98 Å². The van der Waals surface area contributed by atoms with Gasteiger partial charge >= 0.3 is 0 Å². The number of aryl methyl sites for hydroxylation is 1. The Hall–Kier alpha value is -2.01. The molecule has 1 heterocycles. The Morgan fingerprint density at radius 1 is 1.11 bits per heavy atom. The van der Waals surface area contributed by atoms with E-state index in [4.69, 9.17) is 32.7 Å². The second-order valence-electron chi connectivity index (χ2n) is 7.06. The van der Waals surface area contributed by atoms with Gasteiger partial charge in [-0.15, -0.1) is 0 Å². The summed E-state index contributed by atoms with van der Waals surface area (Å²) in [5.41, 5.74) is 1.78. The zero-order valence-corrected chi connectivity index (χ0v) is 17.6. The molecule has 0 aliphatic rings. The lowest BCUT2D eigenvalue weighted by Crippen LogP contribution is -2.34. The molecule has 0 aliphatic heterocycles. The number of nitrogens with zero attached hydrogens (tertiary/aromatic N) is 2. The van der Waals surface area contributed by atoms with Gasteiger partial charge in [0, 0.05) is 22.4 Å². The second-order valence-corrected chi connectivity index (χ2v) is 7.90. The summed E-state index contributed by atoms with van der Waals surface area (Å²) in [6.07, 6.45) is 7.28. The average Bonchev–Trinajstić information content (AvgIpc) is 3.19. The standard InChI is InChI=1S/C22H24Cl2N2O2/c1-22(15-26-12-11-25-16-26,10-9-17-3-7-20(27-2)8-4-17)28-14-18-5-6-19(23)13-21(18)24/h3-8,11-13,16H,9-10,14-15H2,1-2H3. The van der Waals surface area contributed by atoms with Crippen LogP contribution in [0.1, 0.15) is 24.5 Å². The van der Waals surface area contributed by atoms with Crippen LogP contribution < -0.4 is 4.74 Å². The predicted octanol–water partition coefficient (Wildman–Crippen LogP) is 5.81. The van der Waals surface area contributed by atoms with Gasteiger partial charge in [0.05, 0.1) is 32.2 Å². The van der Waals surface area contributed by atoms with E-state index in [1.807, 2.05) is 41.4 Å². The third-order valence-electron chi connectivity index (χ3n) is 4.77.